The van der Waals surface area contributed by atoms with E-state index in [-0.39, 0.29) is 23.8 Å². The third-order valence-corrected chi connectivity index (χ3v) is 5.44. The van der Waals surface area contributed by atoms with Gasteiger partial charge in [-0.1, -0.05) is 6.07 Å². The molecule has 116 valence electrons. The largest absolute Gasteiger partial charge is 0.311 e. The van der Waals surface area contributed by atoms with E-state index in [1.54, 1.807) is 15.7 Å². The molecule has 1 aliphatic rings. The normalized spacial score (nSPS) is 17.1. The van der Waals surface area contributed by atoms with E-state index in [0.29, 0.717) is 17.0 Å². The topological polar surface area (TPSA) is 63.5 Å². The molecule has 0 spiro atoms. The van der Waals surface area contributed by atoms with Crippen molar-refractivity contribution in [2.24, 2.45) is 0 Å². The number of aromatic nitrogens is 2. The molecule has 5 nitrogen and oxygen atoms in total. The molecule has 4 heterocycles. The number of amides is 1. The van der Waals surface area contributed by atoms with E-state index in [1.165, 1.54) is 0 Å². The molecule has 0 radical (unpaired) electrons. The lowest BCUT2D eigenvalue weighted by atomic mass is 9.90. The molecule has 1 N–H and O–H groups in total. The van der Waals surface area contributed by atoms with Gasteiger partial charge in [-0.05, 0) is 42.5 Å². The quantitative estimate of drug-likeness (QED) is 0.748. The summed E-state index contributed by atoms with van der Waals surface area (Å²) in [5.41, 5.74) is 2.91. The summed E-state index contributed by atoms with van der Waals surface area (Å²) in [5.74, 6) is 0.255. The second kappa shape index (κ2) is 5.03. The van der Waals surface area contributed by atoms with Gasteiger partial charge in [0.2, 0.25) is 5.91 Å². The van der Waals surface area contributed by atoms with Crippen LogP contribution in [-0.2, 0) is 4.79 Å². The Hall–Kier alpha value is -2.47. The Bertz CT molecular complexity index is 1000. The zero-order chi connectivity index (χ0) is 16.1. The Morgan fingerprint density at radius 2 is 2.09 bits per heavy atom. The number of nitrogens with one attached hydrogen (secondary N) is 1. The van der Waals surface area contributed by atoms with Gasteiger partial charge >= 0.3 is 0 Å². The number of thiophene rings is 1. The lowest BCUT2D eigenvalue weighted by Crippen LogP contribution is -2.32. The highest BCUT2D eigenvalue weighted by Crippen LogP contribution is 2.38. The van der Waals surface area contributed by atoms with Crippen LogP contribution in [0, 0.1) is 13.8 Å². The molecule has 3 aromatic heterocycles. The SMILES string of the molecule is Cc1ccsc1[C@H]1CC(=O)Nc2c1c(=O)nc1c(C)cccn21. The van der Waals surface area contributed by atoms with Crippen molar-refractivity contribution < 1.29 is 4.79 Å². The molecule has 0 bridgehead atoms. The van der Waals surface area contributed by atoms with Gasteiger partial charge in [-0.15, -0.1) is 11.3 Å². The summed E-state index contributed by atoms with van der Waals surface area (Å²) in [6.07, 6.45) is 2.11. The highest BCUT2D eigenvalue weighted by molar-refractivity contribution is 7.10. The van der Waals surface area contributed by atoms with Crippen LogP contribution >= 0.6 is 11.3 Å². The molecule has 1 aliphatic heterocycles. The van der Waals surface area contributed by atoms with E-state index in [2.05, 4.69) is 10.3 Å². The molecule has 0 aliphatic carbocycles. The fraction of sp³-hybridized carbons (Fsp3) is 0.235. The molecule has 4 rings (SSSR count). The lowest BCUT2D eigenvalue weighted by molar-refractivity contribution is -0.116. The Kier molecular flexibility index (Phi) is 3.09. The van der Waals surface area contributed by atoms with E-state index >= 15 is 0 Å². The van der Waals surface area contributed by atoms with Gasteiger partial charge in [0, 0.05) is 23.4 Å². The van der Waals surface area contributed by atoms with Crippen molar-refractivity contribution in [1.82, 2.24) is 9.38 Å². The van der Waals surface area contributed by atoms with Gasteiger partial charge in [0.15, 0.2) is 0 Å². The number of anilines is 1. The van der Waals surface area contributed by atoms with Gasteiger partial charge in [-0.25, -0.2) is 0 Å². The number of carbonyl (C=O) groups excluding carboxylic acids is 1. The number of hydrogen-bond donors (Lipinski definition) is 1. The average Bonchev–Trinajstić information content (AvgIpc) is 2.93. The highest BCUT2D eigenvalue weighted by Gasteiger charge is 2.33. The van der Waals surface area contributed by atoms with Crippen LogP contribution in [0.2, 0.25) is 0 Å². The molecule has 23 heavy (non-hydrogen) atoms. The van der Waals surface area contributed by atoms with E-state index < -0.39 is 0 Å². The first-order valence-corrected chi connectivity index (χ1v) is 8.30. The van der Waals surface area contributed by atoms with E-state index in [9.17, 15) is 9.59 Å². The van der Waals surface area contributed by atoms with Crippen LogP contribution in [0.5, 0.6) is 0 Å². The van der Waals surface area contributed by atoms with Crippen molar-refractivity contribution >= 4 is 28.7 Å². The number of pyridine rings is 1. The molecule has 0 fully saturated rings. The predicted molar refractivity (Wildman–Crippen MR) is 90.3 cm³/mol. The first-order valence-electron chi connectivity index (χ1n) is 7.42. The van der Waals surface area contributed by atoms with Gasteiger partial charge < -0.3 is 5.32 Å². The molecular weight excluding hydrogens is 310 g/mol. The monoisotopic (exact) mass is 325 g/mol. The second-order valence-electron chi connectivity index (χ2n) is 5.84. The summed E-state index contributed by atoms with van der Waals surface area (Å²) in [5, 5.41) is 4.86. The maximum absolute atomic E-state index is 12.7. The van der Waals surface area contributed by atoms with E-state index in [0.717, 1.165) is 16.0 Å². The third-order valence-electron chi connectivity index (χ3n) is 4.31. The molecule has 0 saturated heterocycles. The van der Waals surface area contributed by atoms with Gasteiger partial charge in [0.1, 0.15) is 11.5 Å². The van der Waals surface area contributed by atoms with Crippen molar-refractivity contribution in [2.75, 3.05) is 5.32 Å². The van der Waals surface area contributed by atoms with Crippen LogP contribution in [-0.4, -0.2) is 15.3 Å². The molecule has 0 unspecified atom stereocenters. The first kappa shape index (κ1) is 14.1. The number of nitrogens with zero attached hydrogens (tertiary/aromatic N) is 2. The minimum Gasteiger partial charge on any atom is -0.311 e. The Labute approximate surface area is 136 Å². The maximum atomic E-state index is 12.7. The third kappa shape index (κ3) is 2.09. The zero-order valence-electron chi connectivity index (χ0n) is 12.8. The minimum absolute atomic E-state index is 0.0730. The fourth-order valence-electron chi connectivity index (χ4n) is 3.20. The molecule has 3 aromatic rings. The first-order chi connectivity index (χ1) is 11.1. The summed E-state index contributed by atoms with van der Waals surface area (Å²) in [6.45, 7) is 3.91. The van der Waals surface area contributed by atoms with Crippen LogP contribution in [0.4, 0.5) is 5.82 Å². The highest BCUT2D eigenvalue weighted by atomic mass is 32.1. The number of hydrogen-bond acceptors (Lipinski definition) is 4. The van der Waals surface area contributed by atoms with Gasteiger partial charge in [-0.3, -0.25) is 14.0 Å². The number of aryl methyl sites for hydroxylation is 2. The molecule has 1 amide bonds. The van der Waals surface area contributed by atoms with Crippen LogP contribution in [0.25, 0.3) is 5.65 Å². The smallest absolute Gasteiger partial charge is 0.279 e. The Balaban J connectivity index is 2.07. The van der Waals surface area contributed by atoms with E-state index in [4.69, 9.17) is 0 Å². The molecule has 0 saturated carbocycles. The Morgan fingerprint density at radius 3 is 2.83 bits per heavy atom. The molecule has 6 heteroatoms. The van der Waals surface area contributed by atoms with Gasteiger partial charge in [-0.2, -0.15) is 4.98 Å². The lowest BCUT2D eigenvalue weighted by Gasteiger charge is -2.26. The van der Waals surface area contributed by atoms with E-state index in [1.807, 2.05) is 43.6 Å². The van der Waals surface area contributed by atoms with Crippen molar-refractivity contribution in [3.05, 3.63) is 61.7 Å². The number of carbonyl (C=O) groups is 1. The van der Waals surface area contributed by atoms with Crippen molar-refractivity contribution in [2.45, 2.75) is 26.2 Å². The number of fused-ring (bicyclic) bond motifs is 3. The van der Waals surface area contributed by atoms with Crippen molar-refractivity contribution in [3.63, 3.8) is 0 Å². The van der Waals surface area contributed by atoms with Gasteiger partial charge in [0.25, 0.3) is 5.56 Å². The Morgan fingerprint density at radius 1 is 1.26 bits per heavy atom. The maximum Gasteiger partial charge on any atom is 0.279 e. The molecule has 0 aromatic carbocycles. The standard InChI is InChI=1S/C17H15N3O2S/c1-9-5-7-23-14(9)11-8-12(21)18-16-13(11)17(22)19-15-10(2)4-3-6-20(15)16/h3-7,11H,8H2,1-2H3,(H,18,21)/t11-/m0/s1. The van der Waals surface area contributed by atoms with Gasteiger partial charge in [0.05, 0.1) is 5.56 Å². The second-order valence-corrected chi connectivity index (χ2v) is 6.78. The predicted octanol–water partition coefficient (Wildman–Crippen LogP) is 2.85. The summed E-state index contributed by atoms with van der Waals surface area (Å²) in [7, 11) is 0. The summed E-state index contributed by atoms with van der Waals surface area (Å²) >= 11 is 1.58. The van der Waals surface area contributed by atoms with Crippen molar-refractivity contribution in [3.8, 4) is 0 Å². The minimum atomic E-state index is -0.257. The van der Waals surface area contributed by atoms with Crippen LogP contribution in [0.1, 0.15) is 33.9 Å². The fourth-order valence-corrected chi connectivity index (χ4v) is 4.23. The average molecular weight is 325 g/mol. The summed E-state index contributed by atoms with van der Waals surface area (Å²) in [6, 6.07) is 5.81. The van der Waals surface area contributed by atoms with Crippen LogP contribution < -0.4 is 10.9 Å². The summed E-state index contributed by atoms with van der Waals surface area (Å²) in [4.78, 5) is 30.2. The number of rotatable bonds is 1. The molecule has 1 atom stereocenters. The van der Waals surface area contributed by atoms with Crippen LogP contribution in [0.15, 0.2) is 34.6 Å². The zero-order valence-corrected chi connectivity index (χ0v) is 13.6. The molecular formula is C17H15N3O2S. The summed E-state index contributed by atoms with van der Waals surface area (Å²) < 4.78 is 1.80. The van der Waals surface area contributed by atoms with Crippen molar-refractivity contribution in [1.29, 1.82) is 0 Å². The van der Waals surface area contributed by atoms with Crippen LogP contribution in [0.3, 0.4) is 0 Å².